The summed E-state index contributed by atoms with van der Waals surface area (Å²) in [6, 6.07) is 8.14. The number of alkyl halides is 3. The van der Waals surface area contributed by atoms with Gasteiger partial charge in [-0.05, 0) is 30.3 Å². The molecule has 0 aromatic heterocycles. The first-order chi connectivity index (χ1) is 13.8. The fourth-order valence-corrected chi connectivity index (χ4v) is 4.42. The van der Waals surface area contributed by atoms with Crippen molar-refractivity contribution in [3.05, 3.63) is 53.3 Å². The van der Waals surface area contributed by atoms with E-state index in [2.05, 4.69) is 10.3 Å². The number of nitrogens with zero attached hydrogens (tertiary/aromatic N) is 2. The molecular weight excluding hydrogens is 406 g/mol. The van der Waals surface area contributed by atoms with Crippen LogP contribution in [0.4, 0.5) is 34.6 Å². The minimum absolute atomic E-state index is 0.0602. The van der Waals surface area contributed by atoms with E-state index in [4.69, 9.17) is 0 Å². The summed E-state index contributed by atoms with van der Waals surface area (Å²) < 4.78 is 55.0. The van der Waals surface area contributed by atoms with Crippen LogP contribution in [0.3, 0.4) is 0 Å². The van der Waals surface area contributed by atoms with Crippen LogP contribution >= 0.6 is 11.8 Å². The molecule has 1 N–H and O–H groups in total. The van der Waals surface area contributed by atoms with Crippen molar-refractivity contribution < 1.29 is 22.4 Å². The molecule has 2 aliphatic heterocycles. The molecule has 2 heterocycles. The second-order valence-corrected chi connectivity index (χ2v) is 7.97. The molecule has 1 unspecified atom stereocenters. The number of rotatable bonds is 3. The van der Waals surface area contributed by atoms with Crippen LogP contribution in [0.5, 0.6) is 0 Å². The fraction of sp³-hybridized carbons (Fsp3) is 0.300. The zero-order valence-corrected chi connectivity index (χ0v) is 16.0. The second-order valence-electron chi connectivity index (χ2n) is 6.74. The van der Waals surface area contributed by atoms with Gasteiger partial charge in [0, 0.05) is 47.7 Å². The maximum atomic E-state index is 14.1. The maximum Gasteiger partial charge on any atom is 0.418 e. The van der Waals surface area contributed by atoms with Gasteiger partial charge in [0.15, 0.2) is 0 Å². The smallest absolute Gasteiger partial charge is 0.369 e. The highest BCUT2D eigenvalue weighted by molar-refractivity contribution is 7.99. The normalized spacial score (nSPS) is 19.5. The van der Waals surface area contributed by atoms with E-state index in [1.165, 1.54) is 30.5 Å². The van der Waals surface area contributed by atoms with Crippen molar-refractivity contribution in [3.63, 3.8) is 0 Å². The average molecular weight is 423 g/mol. The van der Waals surface area contributed by atoms with Gasteiger partial charge in [-0.25, -0.2) is 4.39 Å². The number of hydrogen-bond donors (Lipinski definition) is 1. The molecule has 1 fully saturated rings. The van der Waals surface area contributed by atoms with Crippen LogP contribution in [0.15, 0.2) is 41.4 Å². The Morgan fingerprint density at radius 2 is 1.93 bits per heavy atom. The Hall–Kier alpha value is -2.55. The van der Waals surface area contributed by atoms with Crippen molar-refractivity contribution in [2.24, 2.45) is 4.99 Å². The molecule has 0 bridgehead atoms. The zero-order chi connectivity index (χ0) is 20.6. The quantitative estimate of drug-likeness (QED) is 0.568. The third-order valence-corrected chi connectivity index (χ3v) is 5.86. The number of amides is 1. The highest BCUT2D eigenvalue weighted by Crippen LogP contribution is 2.40. The molecule has 1 amide bonds. The molecule has 0 aliphatic carbocycles. The maximum absolute atomic E-state index is 14.1. The van der Waals surface area contributed by atoms with Gasteiger partial charge in [-0.3, -0.25) is 9.79 Å². The lowest BCUT2D eigenvalue weighted by Gasteiger charge is -2.30. The van der Waals surface area contributed by atoms with E-state index in [-0.39, 0.29) is 16.9 Å². The Morgan fingerprint density at radius 3 is 2.66 bits per heavy atom. The summed E-state index contributed by atoms with van der Waals surface area (Å²) >= 11 is 1.71. The summed E-state index contributed by atoms with van der Waals surface area (Å²) in [6.07, 6.45) is -3.34. The predicted octanol–water partition coefficient (Wildman–Crippen LogP) is 4.84. The van der Waals surface area contributed by atoms with E-state index in [1.54, 1.807) is 22.7 Å². The predicted molar refractivity (Wildman–Crippen MR) is 107 cm³/mol. The van der Waals surface area contributed by atoms with Crippen molar-refractivity contribution in [1.82, 2.24) is 0 Å². The van der Waals surface area contributed by atoms with Crippen molar-refractivity contribution in [2.45, 2.75) is 12.1 Å². The number of aliphatic imine (C=N–C) groups is 1. The number of thioether (sulfide) groups is 1. The first kappa shape index (κ1) is 19.8. The monoisotopic (exact) mass is 423 g/mol. The molecule has 0 saturated carbocycles. The van der Waals surface area contributed by atoms with Crippen LogP contribution in [-0.2, 0) is 11.0 Å². The molecule has 29 heavy (non-hydrogen) atoms. The van der Waals surface area contributed by atoms with Gasteiger partial charge in [-0.2, -0.15) is 24.9 Å². The molecule has 4 rings (SSSR count). The number of halogens is 4. The van der Waals surface area contributed by atoms with Crippen LogP contribution in [0.25, 0.3) is 0 Å². The van der Waals surface area contributed by atoms with E-state index in [1.807, 2.05) is 0 Å². The Balaban J connectivity index is 1.65. The number of benzene rings is 2. The number of fused-ring (bicyclic) bond motifs is 1. The van der Waals surface area contributed by atoms with Crippen molar-refractivity contribution in [3.8, 4) is 0 Å². The number of nitrogens with one attached hydrogen (secondary N) is 1. The van der Waals surface area contributed by atoms with Gasteiger partial charge in [0.05, 0.1) is 11.3 Å². The van der Waals surface area contributed by atoms with Crippen LogP contribution in [0.2, 0.25) is 0 Å². The zero-order valence-electron chi connectivity index (χ0n) is 15.2. The Labute approximate surface area is 169 Å². The van der Waals surface area contributed by atoms with Gasteiger partial charge in [0.2, 0.25) is 5.91 Å². The summed E-state index contributed by atoms with van der Waals surface area (Å²) in [5.41, 5.74) is -0.0706. The molecule has 152 valence electrons. The molecule has 2 aromatic carbocycles. The Bertz CT molecular complexity index is 971. The summed E-state index contributed by atoms with van der Waals surface area (Å²) in [7, 11) is 0. The average Bonchev–Trinajstić information content (AvgIpc) is 3.02. The standard InChI is InChI=1S/C20H17F4N3OS/c21-15-2-1-3-16-18(15)13(19(28)26-16)11-25-12-4-5-17(14(10-12)20(22,23)24)27-6-8-29-9-7-27/h1-5,10-11,13H,6-9H2,(H,26,28). The van der Waals surface area contributed by atoms with Gasteiger partial charge in [-0.1, -0.05) is 6.07 Å². The molecule has 4 nitrogen and oxygen atoms in total. The number of anilines is 2. The van der Waals surface area contributed by atoms with Crippen LogP contribution in [-0.4, -0.2) is 36.7 Å². The molecule has 2 aliphatic rings. The molecular formula is C20H17F4N3OS. The molecule has 0 radical (unpaired) electrons. The van der Waals surface area contributed by atoms with Crippen molar-refractivity contribution >= 4 is 40.9 Å². The third-order valence-electron chi connectivity index (χ3n) is 4.91. The van der Waals surface area contributed by atoms with Gasteiger partial charge >= 0.3 is 6.18 Å². The van der Waals surface area contributed by atoms with Crippen LogP contribution in [0, 0.1) is 5.82 Å². The minimum atomic E-state index is -4.53. The molecule has 1 atom stereocenters. The molecule has 1 saturated heterocycles. The van der Waals surface area contributed by atoms with Crippen LogP contribution < -0.4 is 10.2 Å². The summed E-state index contributed by atoms with van der Waals surface area (Å²) in [4.78, 5) is 17.9. The van der Waals surface area contributed by atoms with E-state index >= 15 is 0 Å². The molecule has 2 aromatic rings. The van der Waals surface area contributed by atoms with Gasteiger partial charge in [-0.15, -0.1) is 0 Å². The van der Waals surface area contributed by atoms with Crippen molar-refractivity contribution in [1.29, 1.82) is 0 Å². The van der Waals surface area contributed by atoms with E-state index in [0.29, 0.717) is 18.8 Å². The van der Waals surface area contributed by atoms with Gasteiger partial charge in [0.25, 0.3) is 0 Å². The van der Waals surface area contributed by atoms with E-state index in [0.717, 1.165) is 17.6 Å². The summed E-state index contributed by atoms with van der Waals surface area (Å²) in [6.45, 7) is 1.10. The van der Waals surface area contributed by atoms with E-state index < -0.39 is 29.4 Å². The highest BCUT2D eigenvalue weighted by atomic mass is 32.2. The second kappa shape index (κ2) is 7.70. The summed E-state index contributed by atoms with van der Waals surface area (Å²) in [5, 5.41) is 2.55. The Morgan fingerprint density at radius 1 is 1.17 bits per heavy atom. The summed E-state index contributed by atoms with van der Waals surface area (Å²) in [5.74, 6) is -0.462. The largest absolute Gasteiger partial charge is 0.418 e. The highest BCUT2D eigenvalue weighted by Gasteiger charge is 2.36. The minimum Gasteiger partial charge on any atom is -0.369 e. The van der Waals surface area contributed by atoms with E-state index in [9.17, 15) is 22.4 Å². The Kier molecular flexibility index (Phi) is 5.24. The molecule has 9 heteroatoms. The van der Waals surface area contributed by atoms with Crippen LogP contribution in [0.1, 0.15) is 17.0 Å². The lowest BCUT2D eigenvalue weighted by atomic mass is 10.0. The lowest BCUT2D eigenvalue weighted by Crippen LogP contribution is -2.34. The van der Waals surface area contributed by atoms with Gasteiger partial charge in [0.1, 0.15) is 11.7 Å². The molecule has 0 spiro atoms. The first-order valence-corrected chi connectivity index (χ1v) is 10.2. The number of hydrogen-bond acceptors (Lipinski definition) is 4. The number of carbonyl (C=O) groups is 1. The van der Waals surface area contributed by atoms with Crippen molar-refractivity contribution in [2.75, 3.05) is 34.8 Å². The topological polar surface area (TPSA) is 44.7 Å². The van der Waals surface area contributed by atoms with Gasteiger partial charge < -0.3 is 10.2 Å². The fourth-order valence-electron chi connectivity index (χ4n) is 3.52. The SMILES string of the molecule is O=C1Nc2cccc(F)c2C1C=Nc1ccc(N2CCSCC2)c(C(F)(F)F)c1. The number of carbonyl (C=O) groups excluding carboxylic acids is 1. The lowest BCUT2D eigenvalue weighted by molar-refractivity contribution is -0.137. The third kappa shape index (κ3) is 3.96. The first-order valence-electron chi connectivity index (χ1n) is 9.02.